The van der Waals surface area contributed by atoms with E-state index in [1.165, 1.54) is 11.8 Å². The van der Waals surface area contributed by atoms with Gasteiger partial charge in [-0.1, -0.05) is 64.7 Å². The Morgan fingerprint density at radius 2 is 1.78 bits per heavy atom. The Balaban J connectivity index is 2.24. The fourth-order valence-electron chi connectivity index (χ4n) is 4.83. The number of nitrogens with zero attached hydrogens (tertiary/aromatic N) is 1. The second kappa shape index (κ2) is 12.7. The van der Waals surface area contributed by atoms with Crippen LogP contribution in [0.15, 0.2) is 64.6 Å². The van der Waals surface area contributed by atoms with Crippen LogP contribution in [0.2, 0.25) is 0 Å². The van der Waals surface area contributed by atoms with Gasteiger partial charge in [0.15, 0.2) is 9.84 Å². The number of hydrogen-bond acceptors (Lipinski definition) is 6. The molecule has 0 aromatic heterocycles. The van der Waals surface area contributed by atoms with Gasteiger partial charge in [-0.2, -0.15) is 0 Å². The number of carboxylic acid groups (broad SMARTS) is 1. The normalized spacial score (nSPS) is 16.5. The van der Waals surface area contributed by atoms with Gasteiger partial charge in [-0.05, 0) is 36.8 Å². The van der Waals surface area contributed by atoms with E-state index in [0.717, 1.165) is 67.2 Å². The monoisotopic (exact) mass is 531 g/mol. The van der Waals surface area contributed by atoms with E-state index in [2.05, 4.69) is 18.7 Å². The van der Waals surface area contributed by atoms with Crippen molar-refractivity contribution in [1.82, 2.24) is 0 Å². The predicted octanol–water partition coefficient (Wildman–Crippen LogP) is 7.07. The largest absolute Gasteiger partial charge is 0.478 e. The van der Waals surface area contributed by atoms with Crippen molar-refractivity contribution in [2.45, 2.75) is 69.1 Å². The highest BCUT2D eigenvalue weighted by atomic mass is 32.2. The van der Waals surface area contributed by atoms with Gasteiger partial charge in [-0.3, -0.25) is 0 Å². The van der Waals surface area contributed by atoms with Crippen LogP contribution in [0.1, 0.15) is 59.3 Å². The maximum atomic E-state index is 14.0. The molecule has 1 heterocycles. The standard InChI is InChI=1S/C28H37NO5S2/c1-4-7-15-28(16-8-5-2)20-29(22-12-10-9-11-13-22)23-18-25(35-6-3)24(34-17-14-27(30)31)19-26(23)36(32,33)21-28/h9-14,17-19H,4-8,15-16,20-21H2,1-3H3,(H,30,31). The Labute approximate surface area is 219 Å². The smallest absolute Gasteiger partial charge is 0.331 e. The molecule has 1 N–H and O–H groups in total. The van der Waals surface area contributed by atoms with E-state index in [9.17, 15) is 13.2 Å². The predicted molar refractivity (Wildman–Crippen MR) is 147 cm³/mol. The fourth-order valence-corrected chi connectivity index (χ4v) is 7.70. The van der Waals surface area contributed by atoms with Crippen LogP contribution in [0, 0.1) is 5.41 Å². The number of carbonyl (C=O) groups is 1. The third-order valence-corrected chi connectivity index (χ3v) is 9.44. The number of hydrogen-bond donors (Lipinski definition) is 1. The Morgan fingerprint density at radius 3 is 2.36 bits per heavy atom. The first-order chi connectivity index (χ1) is 17.2. The number of fused-ring (bicyclic) bond motifs is 1. The lowest BCUT2D eigenvalue weighted by Crippen LogP contribution is -2.38. The van der Waals surface area contributed by atoms with Gasteiger partial charge in [0, 0.05) is 23.7 Å². The Bertz CT molecular complexity index is 1150. The molecule has 0 fully saturated rings. The van der Waals surface area contributed by atoms with Crippen LogP contribution in [0.25, 0.3) is 0 Å². The first-order valence-electron chi connectivity index (χ1n) is 12.7. The molecule has 8 heteroatoms. The van der Waals surface area contributed by atoms with Crippen LogP contribution in [-0.4, -0.2) is 37.5 Å². The zero-order valence-electron chi connectivity index (χ0n) is 21.4. The third kappa shape index (κ3) is 6.85. The van der Waals surface area contributed by atoms with Gasteiger partial charge >= 0.3 is 5.97 Å². The van der Waals surface area contributed by atoms with E-state index in [-0.39, 0.29) is 16.1 Å². The molecular weight excluding hydrogens is 494 g/mol. The number of aliphatic carboxylic acids is 1. The molecule has 0 unspecified atom stereocenters. The zero-order chi connectivity index (χ0) is 26.2. The minimum absolute atomic E-state index is 0.0843. The van der Waals surface area contributed by atoms with Crippen LogP contribution in [0.4, 0.5) is 11.4 Å². The second-order valence-electron chi connectivity index (χ2n) is 9.35. The molecule has 0 atom stereocenters. The summed E-state index contributed by atoms with van der Waals surface area (Å²) in [5, 5.41) is 8.96. The van der Waals surface area contributed by atoms with Crippen molar-refractivity contribution in [3.8, 4) is 5.75 Å². The van der Waals surface area contributed by atoms with E-state index in [1.807, 2.05) is 43.3 Å². The third-order valence-electron chi connectivity index (χ3n) is 6.54. The number of rotatable bonds is 12. The highest BCUT2D eigenvalue weighted by molar-refractivity contribution is 7.99. The molecule has 2 aromatic carbocycles. The van der Waals surface area contributed by atoms with Crippen molar-refractivity contribution in [3.05, 3.63) is 54.8 Å². The average Bonchev–Trinajstić information content (AvgIpc) is 2.94. The summed E-state index contributed by atoms with van der Waals surface area (Å²) in [6.45, 7) is 6.92. The molecule has 1 aliphatic rings. The number of ether oxygens (including phenoxy) is 1. The van der Waals surface area contributed by atoms with Crippen molar-refractivity contribution in [2.75, 3.05) is 23.0 Å². The Kier molecular flexibility index (Phi) is 9.91. The minimum Gasteiger partial charge on any atom is -0.478 e. The van der Waals surface area contributed by atoms with Gasteiger partial charge in [-0.15, -0.1) is 11.8 Å². The van der Waals surface area contributed by atoms with Crippen LogP contribution in [-0.2, 0) is 14.6 Å². The van der Waals surface area contributed by atoms with E-state index in [0.29, 0.717) is 18.0 Å². The molecule has 0 radical (unpaired) electrons. The maximum Gasteiger partial charge on any atom is 0.331 e. The van der Waals surface area contributed by atoms with Gasteiger partial charge in [-0.25, -0.2) is 13.2 Å². The molecule has 0 saturated heterocycles. The summed E-state index contributed by atoms with van der Waals surface area (Å²) < 4.78 is 33.7. The molecule has 2 aromatic rings. The number of unbranched alkanes of at least 4 members (excludes halogenated alkanes) is 2. The van der Waals surface area contributed by atoms with Gasteiger partial charge < -0.3 is 14.7 Å². The fraction of sp³-hybridized carbons (Fsp3) is 0.464. The summed E-state index contributed by atoms with van der Waals surface area (Å²) in [7, 11) is -3.65. The van der Waals surface area contributed by atoms with Gasteiger partial charge in [0.1, 0.15) is 5.75 Å². The van der Waals surface area contributed by atoms with Crippen molar-refractivity contribution in [3.63, 3.8) is 0 Å². The average molecular weight is 532 g/mol. The lowest BCUT2D eigenvalue weighted by molar-refractivity contribution is -0.131. The maximum absolute atomic E-state index is 14.0. The number of benzene rings is 2. The molecule has 0 bridgehead atoms. The van der Waals surface area contributed by atoms with Crippen LogP contribution in [0.5, 0.6) is 5.75 Å². The summed E-state index contributed by atoms with van der Waals surface area (Å²) >= 11 is 1.54. The molecule has 0 saturated carbocycles. The highest BCUT2D eigenvalue weighted by Gasteiger charge is 2.42. The summed E-state index contributed by atoms with van der Waals surface area (Å²) in [6, 6.07) is 13.4. The van der Waals surface area contributed by atoms with Crippen LogP contribution in [0.3, 0.4) is 0 Å². The molecule has 3 rings (SSSR count). The lowest BCUT2D eigenvalue weighted by Gasteiger charge is -2.37. The van der Waals surface area contributed by atoms with Crippen molar-refractivity contribution < 1.29 is 23.1 Å². The Hall–Kier alpha value is -2.45. The molecule has 0 aliphatic carbocycles. The first kappa shape index (κ1) is 28.1. The number of para-hydroxylation sites is 1. The highest BCUT2D eigenvalue weighted by Crippen LogP contribution is 2.48. The zero-order valence-corrected chi connectivity index (χ0v) is 23.0. The summed E-state index contributed by atoms with van der Waals surface area (Å²) in [4.78, 5) is 14.1. The van der Waals surface area contributed by atoms with E-state index >= 15 is 0 Å². The second-order valence-corrected chi connectivity index (χ2v) is 12.6. The molecule has 36 heavy (non-hydrogen) atoms. The summed E-state index contributed by atoms with van der Waals surface area (Å²) in [6.07, 6.45) is 7.66. The lowest BCUT2D eigenvalue weighted by atomic mass is 9.79. The van der Waals surface area contributed by atoms with Crippen LogP contribution < -0.4 is 9.64 Å². The quantitative estimate of drug-likeness (QED) is 0.178. The molecule has 1 aliphatic heterocycles. The first-order valence-corrected chi connectivity index (χ1v) is 15.3. The molecule has 0 amide bonds. The minimum atomic E-state index is -3.65. The van der Waals surface area contributed by atoms with Gasteiger partial charge in [0.2, 0.25) is 0 Å². The summed E-state index contributed by atoms with van der Waals surface area (Å²) in [5.74, 6) is 0.0617. The molecule has 196 valence electrons. The number of sulfone groups is 1. The van der Waals surface area contributed by atoms with E-state index in [1.54, 1.807) is 6.07 Å². The number of thioether (sulfide) groups is 1. The van der Waals surface area contributed by atoms with Crippen LogP contribution >= 0.6 is 11.8 Å². The van der Waals surface area contributed by atoms with E-state index < -0.39 is 15.8 Å². The topological polar surface area (TPSA) is 83.9 Å². The Morgan fingerprint density at radius 1 is 1.11 bits per heavy atom. The summed E-state index contributed by atoms with van der Waals surface area (Å²) in [5.41, 5.74) is 1.24. The van der Waals surface area contributed by atoms with E-state index in [4.69, 9.17) is 9.84 Å². The molecule has 6 nitrogen and oxygen atoms in total. The van der Waals surface area contributed by atoms with Gasteiger partial charge in [0.25, 0.3) is 0 Å². The number of carboxylic acids is 1. The van der Waals surface area contributed by atoms with Crippen molar-refractivity contribution in [1.29, 1.82) is 0 Å². The number of anilines is 2. The van der Waals surface area contributed by atoms with Gasteiger partial charge in [0.05, 0.1) is 33.6 Å². The molecule has 0 spiro atoms. The van der Waals surface area contributed by atoms with Crippen molar-refractivity contribution in [2.24, 2.45) is 5.41 Å². The van der Waals surface area contributed by atoms with Crippen molar-refractivity contribution >= 4 is 38.9 Å². The molecular formula is C28H37NO5S2. The SMILES string of the molecule is CCCCC1(CCCC)CN(c2ccccc2)c2cc(SCC)c(OC=CC(=O)O)cc2S(=O)(=O)C1.